The van der Waals surface area contributed by atoms with Crippen molar-refractivity contribution >= 4 is 11.5 Å². The standard InChI is InChI=1S/C18H19NO4/c1-23-17-11-9-14(10-12-17)5-4-7-16(20)13-15-6-2-3-8-18(15)19(21)22/h2-3,6,8-12H,4-5,7,13H2,1H3. The van der Waals surface area contributed by atoms with Gasteiger partial charge in [0, 0.05) is 24.5 Å². The van der Waals surface area contributed by atoms with E-state index in [1.165, 1.54) is 6.07 Å². The third kappa shape index (κ3) is 4.92. The lowest BCUT2D eigenvalue weighted by Crippen LogP contribution is -2.05. The Morgan fingerprint density at radius 2 is 1.83 bits per heavy atom. The van der Waals surface area contributed by atoms with Crippen LogP contribution in [0.4, 0.5) is 5.69 Å². The Labute approximate surface area is 135 Å². The minimum atomic E-state index is -0.444. The van der Waals surface area contributed by atoms with Crippen LogP contribution in [0.2, 0.25) is 0 Å². The summed E-state index contributed by atoms with van der Waals surface area (Å²) in [7, 11) is 1.62. The highest BCUT2D eigenvalue weighted by molar-refractivity contribution is 5.81. The number of hydrogen-bond donors (Lipinski definition) is 0. The predicted octanol–water partition coefficient (Wildman–Crippen LogP) is 3.74. The Morgan fingerprint density at radius 3 is 2.48 bits per heavy atom. The molecule has 2 aromatic rings. The average Bonchev–Trinajstić information content (AvgIpc) is 2.56. The van der Waals surface area contributed by atoms with Gasteiger partial charge in [-0.25, -0.2) is 0 Å². The maximum atomic E-state index is 12.0. The molecule has 0 saturated carbocycles. The Morgan fingerprint density at radius 1 is 1.13 bits per heavy atom. The zero-order valence-electron chi connectivity index (χ0n) is 13.0. The smallest absolute Gasteiger partial charge is 0.273 e. The summed E-state index contributed by atoms with van der Waals surface area (Å²) in [6, 6.07) is 14.1. The van der Waals surface area contributed by atoms with Crippen molar-refractivity contribution in [3.05, 3.63) is 69.8 Å². The van der Waals surface area contributed by atoms with Gasteiger partial charge in [0.15, 0.2) is 0 Å². The molecule has 120 valence electrons. The van der Waals surface area contributed by atoms with Crippen LogP contribution in [0, 0.1) is 10.1 Å². The fourth-order valence-corrected chi connectivity index (χ4v) is 2.42. The molecular weight excluding hydrogens is 294 g/mol. The normalized spacial score (nSPS) is 10.3. The number of carbonyl (C=O) groups excluding carboxylic acids is 1. The van der Waals surface area contributed by atoms with Crippen molar-refractivity contribution in [1.82, 2.24) is 0 Å². The van der Waals surface area contributed by atoms with E-state index in [0.717, 1.165) is 24.2 Å². The first-order valence-corrected chi connectivity index (χ1v) is 7.47. The highest BCUT2D eigenvalue weighted by Gasteiger charge is 2.15. The number of para-hydroxylation sites is 1. The number of hydrogen-bond acceptors (Lipinski definition) is 4. The molecule has 5 heteroatoms. The summed E-state index contributed by atoms with van der Waals surface area (Å²) < 4.78 is 5.10. The number of nitrogens with zero attached hydrogens (tertiary/aromatic N) is 1. The van der Waals surface area contributed by atoms with E-state index < -0.39 is 4.92 Å². The Hall–Kier alpha value is -2.69. The molecule has 0 saturated heterocycles. The van der Waals surface area contributed by atoms with Crippen molar-refractivity contribution in [1.29, 1.82) is 0 Å². The maximum absolute atomic E-state index is 12.0. The summed E-state index contributed by atoms with van der Waals surface area (Å²) in [5.41, 5.74) is 1.63. The summed E-state index contributed by atoms with van der Waals surface area (Å²) in [5.74, 6) is 0.828. The molecule has 2 aromatic carbocycles. The number of benzene rings is 2. The van der Waals surface area contributed by atoms with Gasteiger partial charge in [-0.15, -0.1) is 0 Å². The van der Waals surface area contributed by atoms with Crippen molar-refractivity contribution in [2.75, 3.05) is 7.11 Å². The molecule has 23 heavy (non-hydrogen) atoms. The molecule has 0 N–H and O–H groups in total. The van der Waals surface area contributed by atoms with Crippen molar-refractivity contribution < 1.29 is 14.5 Å². The third-order valence-electron chi connectivity index (χ3n) is 3.66. The monoisotopic (exact) mass is 313 g/mol. The topological polar surface area (TPSA) is 69.4 Å². The summed E-state index contributed by atoms with van der Waals surface area (Å²) in [4.78, 5) is 22.5. The number of ketones is 1. The molecule has 0 unspecified atom stereocenters. The molecule has 0 aliphatic carbocycles. The molecule has 0 aliphatic heterocycles. The molecule has 0 heterocycles. The van der Waals surface area contributed by atoms with Gasteiger partial charge in [-0.3, -0.25) is 14.9 Å². The lowest BCUT2D eigenvalue weighted by Gasteiger charge is -2.04. The van der Waals surface area contributed by atoms with Crippen LogP contribution in [0.15, 0.2) is 48.5 Å². The zero-order valence-corrected chi connectivity index (χ0v) is 13.0. The van der Waals surface area contributed by atoms with E-state index in [0.29, 0.717) is 12.0 Å². The van der Waals surface area contributed by atoms with Crippen molar-refractivity contribution in [2.24, 2.45) is 0 Å². The van der Waals surface area contributed by atoms with Crippen LogP contribution < -0.4 is 4.74 Å². The van der Waals surface area contributed by atoms with Gasteiger partial charge >= 0.3 is 0 Å². The van der Waals surface area contributed by atoms with Gasteiger partial charge < -0.3 is 4.74 Å². The largest absolute Gasteiger partial charge is 0.497 e. The number of carbonyl (C=O) groups is 1. The third-order valence-corrected chi connectivity index (χ3v) is 3.66. The van der Waals surface area contributed by atoms with Crippen LogP contribution in [0.3, 0.4) is 0 Å². The molecule has 0 radical (unpaired) electrons. The summed E-state index contributed by atoms with van der Waals surface area (Å²) >= 11 is 0. The first-order valence-electron chi connectivity index (χ1n) is 7.47. The highest BCUT2D eigenvalue weighted by Crippen LogP contribution is 2.19. The lowest BCUT2D eigenvalue weighted by atomic mass is 10.0. The van der Waals surface area contributed by atoms with Crippen LogP contribution in [0.5, 0.6) is 5.75 Å². The van der Waals surface area contributed by atoms with E-state index in [1.54, 1.807) is 25.3 Å². The van der Waals surface area contributed by atoms with Crippen molar-refractivity contribution in [2.45, 2.75) is 25.7 Å². The molecule has 5 nitrogen and oxygen atoms in total. The van der Waals surface area contributed by atoms with Gasteiger partial charge in [-0.2, -0.15) is 0 Å². The first kappa shape index (κ1) is 16.7. The number of Topliss-reactive ketones (excluding diaryl/α,β-unsaturated/α-hetero) is 1. The Balaban J connectivity index is 1.84. The predicted molar refractivity (Wildman–Crippen MR) is 87.7 cm³/mol. The van der Waals surface area contributed by atoms with Gasteiger partial charge in [0.1, 0.15) is 11.5 Å². The van der Waals surface area contributed by atoms with E-state index in [2.05, 4.69) is 0 Å². The average molecular weight is 313 g/mol. The molecule has 0 spiro atoms. The summed E-state index contributed by atoms with van der Waals surface area (Å²) in [6.45, 7) is 0. The second kappa shape index (κ2) is 8.08. The van der Waals surface area contributed by atoms with E-state index in [1.807, 2.05) is 24.3 Å². The number of aryl methyl sites for hydroxylation is 1. The molecular formula is C18H19NO4. The van der Waals surface area contributed by atoms with Crippen LogP contribution in [0.1, 0.15) is 24.0 Å². The molecule has 0 bridgehead atoms. The highest BCUT2D eigenvalue weighted by atomic mass is 16.6. The number of ether oxygens (including phenoxy) is 1. The molecule has 2 rings (SSSR count). The van der Waals surface area contributed by atoms with E-state index in [4.69, 9.17) is 4.74 Å². The molecule has 0 aromatic heterocycles. The second-order valence-electron chi connectivity index (χ2n) is 5.30. The van der Waals surface area contributed by atoms with Crippen molar-refractivity contribution in [3.63, 3.8) is 0 Å². The second-order valence-corrected chi connectivity index (χ2v) is 5.30. The minimum absolute atomic E-state index is 0.0102. The van der Waals surface area contributed by atoms with Crippen molar-refractivity contribution in [3.8, 4) is 5.75 Å². The number of nitro groups is 1. The minimum Gasteiger partial charge on any atom is -0.497 e. The maximum Gasteiger partial charge on any atom is 0.273 e. The fraction of sp³-hybridized carbons (Fsp3) is 0.278. The molecule has 0 amide bonds. The van der Waals surface area contributed by atoms with Gasteiger partial charge in [-0.05, 0) is 30.5 Å². The zero-order chi connectivity index (χ0) is 16.7. The summed E-state index contributed by atoms with van der Waals surface area (Å²) in [6.07, 6.45) is 2.05. The lowest BCUT2D eigenvalue weighted by molar-refractivity contribution is -0.385. The molecule has 0 aliphatic rings. The summed E-state index contributed by atoms with van der Waals surface area (Å²) in [5, 5.41) is 10.9. The van der Waals surface area contributed by atoms with Crippen LogP contribution >= 0.6 is 0 Å². The van der Waals surface area contributed by atoms with E-state index in [-0.39, 0.29) is 17.9 Å². The van der Waals surface area contributed by atoms with E-state index in [9.17, 15) is 14.9 Å². The Bertz CT molecular complexity index is 680. The van der Waals surface area contributed by atoms with Crippen LogP contribution in [0.25, 0.3) is 0 Å². The van der Waals surface area contributed by atoms with Crippen LogP contribution in [-0.4, -0.2) is 17.8 Å². The molecule has 0 atom stereocenters. The van der Waals surface area contributed by atoms with Gasteiger partial charge in [-0.1, -0.05) is 30.3 Å². The quantitative estimate of drug-likeness (QED) is 0.550. The van der Waals surface area contributed by atoms with Gasteiger partial charge in [0.25, 0.3) is 5.69 Å². The van der Waals surface area contributed by atoms with Gasteiger partial charge in [0.05, 0.1) is 12.0 Å². The van der Waals surface area contributed by atoms with E-state index >= 15 is 0 Å². The fourth-order valence-electron chi connectivity index (χ4n) is 2.42. The number of rotatable bonds is 8. The number of nitro benzene ring substituents is 1. The Kier molecular flexibility index (Phi) is 5.86. The first-order chi connectivity index (χ1) is 11.1. The molecule has 0 fully saturated rings. The van der Waals surface area contributed by atoms with Crippen LogP contribution in [-0.2, 0) is 17.6 Å². The van der Waals surface area contributed by atoms with Gasteiger partial charge in [0.2, 0.25) is 0 Å². The SMILES string of the molecule is COc1ccc(CCCC(=O)Cc2ccccc2[N+](=O)[O-])cc1. The number of methoxy groups -OCH3 is 1.